The first-order valence-corrected chi connectivity index (χ1v) is 7.04. The molecule has 0 N–H and O–H groups in total. The fourth-order valence-electron chi connectivity index (χ4n) is 2.35. The van der Waals surface area contributed by atoms with Crippen molar-refractivity contribution in [1.29, 1.82) is 0 Å². The summed E-state index contributed by atoms with van der Waals surface area (Å²) in [6.45, 7) is 5.69. The Kier molecular flexibility index (Phi) is 5.58. The first kappa shape index (κ1) is 15.3. The number of methoxy groups -OCH3 is 1. The van der Waals surface area contributed by atoms with Crippen LogP contribution in [0.15, 0.2) is 49.1 Å². The predicted octanol–water partition coefficient (Wildman–Crippen LogP) is 2.21. The SMILES string of the molecule is C=CCOc1ccc(C[C@@H](C(=O)OC)N2CC=CC2)cc1. The van der Waals surface area contributed by atoms with Gasteiger partial charge in [-0.25, -0.2) is 0 Å². The molecule has 1 aliphatic heterocycles. The first-order chi connectivity index (χ1) is 10.2. The summed E-state index contributed by atoms with van der Waals surface area (Å²) in [4.78, 5) is 14.1. The Morgan fingerprint density at radius 2 is 2.00 bits per heavy atom. The van der Waals surface area contributed by atoms with Crippen LogP contribution in [0.3, 0.4) is 0 Å². The highest BCUT2D eigenvalue weighted by Gasteiger charge is 2.27. The first-order valence-electron chi connectivity index (χ1n) is 7.04. The molecule has 0 spiro atoms. The minimum Gasteiger partial charge on any atom is -0.490 e. The Bertz CT molecular complexity index is 499. The molecule has 2 rings (SSSR count). The Labute approximate surface area is 125 Å². The van der Waals surface area contributed by atoms with E-state index in [2.05, 4.69) is 23.6 Å². The average molecular weight is 287 g/mol. The number of nitrogens with zero attached hydrogens (tertiary/aromatic N) is 1. The summed E-state index contributed by atoms with van der Waals surface area (Å²) >= 11 is 0. The molecule has 0 amide bonds. The van der Waals surface area contributed by atoms with Crippen LogP contribution in [0.1, 0.15) is 5.56 Å². The molecule has 1 aromatic rings. The molecule has 0 fully saturated rings. The third kappa shape index (κ3) is 4.20. The van der Waals surface area contributed by atoms with Crippen molar-refractivity contribution in [3.8, 4) is 5.75 Å². The third-order valence-corrected chi connectivity index (χ3v) is 3.48. The van der Waals surface area contributed by atoms with Crippen LogP contribution in [0.2, 0.25) is 0 Å². The molecule has 0 unspecified atom stereocenters. The van der Waals surface area contributed by atoms with Crippen LogP contribution in [-0.2, 0) is 16.0 Å². The molecule has 4 nitrogen and oxygen atoms in total. The zero-order valence-corrected chi connectivity index (χ0v) is 12.3. The van der Waals surface area contributed by atoms with Gasteiger partial charge in [-0.2, -0.15) is 0 Å². The predicted molar refractivity (Wildman–Crippen MR) is 82.4 cm³/mol. The molecular formula is C17H21NO3. The molecule has 0 bridgehead atoms. The lowest BCUT2D eigenvalue weighted by Gasteiger charge is -2.25. The monoisotopic (exact) mass is 287 g/mol. The molecule has 1 heterocycles. The highest BCUT2D eigenvalue weighted by molar-refractivity contribution is 5.76. The summed E-state index contributed by atoms with van der Waals surface area (Å²) in [6.07, 6.45) is 6.49. The Morgan fingerprint density at radius 3 is 2.57 bits per heavy atom. The van der Waals surface area contributed by atoms with Gasteiger partial charge in [0.25, 0.3) is 0 Å². The van der Waals surface area contributed by atoms with Gasteiger partial charge in [0.2, 0.25) is 0 Å². The Hall–Kier alpha value is -2.07. The van der Waals surface area contributed by atoms with Crippen LogP contribution >= 0.6 is 0 Å². The van der Waals surface area contributed by atoms with Crippen molar-refractivity contribution in [3.63, 3.8) is 0 Å². The smallest absolute Gasteiger partial charge is 0.323 e. The van der Waals surface area contributed by atoms with E-state index in [1.807, 2.05) is 24.3 Å². The number of carbonyl (C=O) groups is 1. The number of hydrogen-bond donors (Lipinski definition) is 0. The van der Waals surface area contributed by atoms with Gasteiger partial charge in [-0.3, -0.25) is 9.69 Å². The Balaban J connectivity index is 2.02. The van der Waals surface area contributed by atoms with Crippen LogP contribution in [0, 0.1) is 0 Å². The van der Waals surface area contributed by atoms with Gasteiger partial charge in [-0.1, -0.05) is 36.9 Å². The van der Waals surface area contributed by atoms with Gasteiger partial charge in [0.05, 0.1) is 7.11 Å². The van der Waals surface area contributed by atoms with E-state index in [-0.39, 0.29) is 12.0 Å². The molecule has 0 aliphatic carbocycles. The van der Waals surface area contributed by atoms with E-state index < -0.39 is 0 Å². The highest BCUT2D eigenvalue weighted by atomic mass is 16.5. The molecule has 1 aromatic carbocycles. The average Bonchev–Trinajstić information content (AvgIpc) is 3.05. The van der Waals surface area contributed by atoms with E-state index in [9.17, 15) is 4.79 Å². The molecule has 4 heteroatoms. The van der Waals surface area contributed by atoms with E-state index in [4.69, 9.17) is 9.47 Å². The zero-order valence-electron chi connectivity index (χ0n) is 12.3. The minimum absolute atomic E-state index is 0.189. The van der Waals surface area contributed by atoms with E-state index >= 15 is 0 Å². The van der Waals surface area contributed by atoms with Crippen molar-refractivity contribution in [2.24, 2.45) is 0 Å². The van der Waals surface area contributed by atoms with Gasteiger partial charge in [0.15, 0.2) is 0 Å². The molecule has 1 atom stereocenters. The molecule has 112 valence electrons. The van der Waals surface area contributed by atoms with E-state index in [0.717, 1.165) is 24.4 Å². The zero-order chi connectivity index (χ0) is 15.1. The second-order valence-electron chi connectivity index (χ2n) is 4.91. The van der Waals surface area contributed by atoms with Gasteiger partial charge < -0.3 is 9.47 Å². The second kappa shape index (κ2) is 7.64. The summed E-state index contributed by atoms with van der Waals surface area (Å²) in [5.74, 6) is 0.613. The summed E-state index contributed by atoms with van der Waals surface area (Å²) in [6, 6.07) is 7.55. The lowest BCUT2D eigenvalue weighted by Crippen LogP contribution is -2.42. The maximum atomic E-state index is 12.0. The molecule has 1 aliphatic rings. The van der Waals surface area contributed by atoms with Crippen molar-refractivity contribution >= 4 is 5.97 Å². The van der Waals surface area contributed by atoms with Crippen LogP contribution in [0.4, 0.5) is 0 Å². The number of rotatable bonds is 7. The maximum absolute atomic E-state index is 12.0. The fraction of sp³-hybridized carbons (Fsp3) is 0.353. The quantitative estimate of drug-likeness (QED) is 0.569. The summed E-state index contributed by atoms with van der Waals surface area (Å²) in [5.41, 5.74) is 1.09. The molecule has 21 heavy (non-hydrogen) atoms. The largest absolute Gasteiger partial charge is 0.490 e. The van der Waals surface area contributed by atoms with Crippen LogP contribution < -0.4 is 4.74 Å². The topological polar surface area (TPSA) is 38.8 Å². The van der Waals surface area contributed by atoms with Gasteiger partial charge in [0, 0.05) is 13.1 Å². The number of carbonyl (C=O) groups excluding carboxylic acids is 1. The van der Waals surface area contributed by atoms with Crippen molar-refractivity contribution in [1.82, 2.24) is 4.90 Å². The number of benzene rings is 1. The fourth-order valence-corrected chi connectivity index (χ4v) is 2.35. The van der Waals surface area contributed by atoms with Crippen molar-refractivity contribution in [3.05, 3.63) is 54.6 Å². The van der Waals surface area contributed by atoms with E-state index in [1.165, 1.54) is 7.11 Å². The summed E-state index contributed by atoms with van der Waals surface area (Å²) in [7, 11) is 1.44. The molecule has 0 saturated carbocycles. The van der Waals surface area contributed by atoms with Crippen LogP contribution in [0.25, 0.3) is 0 Å². The molecule has 0 saturated heterocycles. The van der Waals surface area contributed by atoms with Gasteiger partial charge in [0.1, 0.15) is 18.4 Å². The van der Waals surface area contributed by atoms with Gasteiger partial charge in [-0.15, -0.1) is 0 Å². The highest BCUT2D eigenvalue weighted by Crippen LogP contribution is 2.17. The second-order valence-corrected chi connectivity index (χ2v) is 4.91. The molecule has 0 radical (unpaired) electrons. The maximum Gasteiger partial charge on any atom is 0.323 e. The van der Waals surface area contributed by atoms with Crippen molar-refractivity contribution in [2.45, 2.75) is 12.5 Å². The van der Waals surface area contributed by atoms with Gasteiger partial charge >= 0.3 is 5.97 Å². The third-order valence-electron chi connectivity index (χ3n) is 3.48. The van der Waals surface area contributed by atoms with Gasteiger partial charge in [-0.05, 0) is 24.1 Å². The summed E-state index contributed by atoms with van der Waals surface area (Å²) in [5, 5.41) is 0. The normalized spacial score (nSPS) is 15.7. The summed E-state index contributed by atoms with van der Waals surface area (Å²) < 4.78 is 10.4. The van der Waals surface area contributed by atoms with Crippen LogP contribution in [-0.4, -0.2) is 43.7 Å². The van der Waals surface area contributed by atoms with E-state index in [0.29, 0.717) is 13.0 Å². The minimum atomic E-state index is -0.245. The lowest BCUT2D eigenvalue weighted by atomic mass is 10.0. The number of ether oxygens (including phenoxy) is 2. The van der Waals surface area contributed by atoms with Crippen molar-refractivity contribution in [2.75, 3.05) is 26.8 Å². The van der Waals surface area contributed by atoms with Crippen molar-refractivity contribution < 1.29 is 14.3 Å². The molecular weight excluding hydrogens is 266 g/mol. The number of esters is 1. The molecule has 0 aromatic heterocycles. The standard InChI is InChI=1S/C17H21NO3/c1-3-12-21-15-8-6-14(7-9-15)13-16(17(19)20-2)18-10-4-5-11-18/h3-9,16H,1,10-13H2,2H3/t16-/m0/s1. The lowest BCUT2D eigenvalue weighted by molar-refractivity contribution is -0.146. The number of hydrogen-bond acceptors (Lipinski definition) is 4. The van der Waals surface area contributed by atoms with E-state index in [1.54, 1.807) is 6.08 Å². The van der Waals surface area contributed by atoms with Crippen LogP contribution in [0.5, 0.6) is 5.75 Å². The Morgan fingerprint density at radius 1 is 1.33 bits per heavy atom.